The molecule has 1 aliphatic heterocycles. The second-order valence-corrected chi connectivity index (χ2v) is 7.03. The fraction of sp³-hybridized carbons (Fsp3) is 0.368. The number of carbonyl (C=O) groups is 3. The third-order valence-electron chi connectivity index (χ3n) is 5.15. The summed E-state index contributed by atoms with van der Waals surface area (Å²) in [4.78, 5) is 41.2. The van der Waals surface area contributed by atoms with Crippen molar-refractivity contribution in [2.75, 3.05) is 13.1 Å². The van der Waals surface area contributed by atoms with Crippen molar-refractivity contribution in [3.63, 3.8) is 0 Å². The van der Waals surface area contributed by atoms with Gasteiger partial charge in [0.05, 0.1) is 24.2 Å². The van der Waals surface area contributed by atoms with Crippen molar-refractivity contribution in [2.24, 2.45) is 5.92 Å². The molecule has 2 fully saturated rings. The van der Waals surface area contributed by atoms with Gasteiger partial charge in [-0.05, 0) is 36.5 Å². The molecule has 0 radical (unpaired) electrons. The molecule has 1 saturated carbocycles. The van der Waals surface area contributed by atoms with E-state index in [0.29, 0.717) is 12.8 Å². The fourth-order valence-electron chi connectivity index (χ4n) is 3.61. The van der Waals surface area contributed by atoms with Crippen molar-refractivity contribution in [1.82, 2.24) is 20.5 Å². The standard InChI is InChI=1S/C19H20N4O4/c24-14-6-12(7-14)18(13-5-11-3-1-2-4-15(11)20-8-13)22-16(25)10-23-17(26)9-21-19(23)27/h1-5,8,12,14,18,24H,6-7,9-10H2,(H,21,27)(H,22,25)/t12?,14?,18-/m1/s1. The maximum absolute atomic E-state index is 12.5. The highest BCUT2D eigenvalue weighted by atomic mass is 16.3. The summed E-state index contributed by atoms with van der Waals surface area (Å²) in [5, 5.41) is 16.0. The van der Waals surface area contributed by atoms with E-state index in [-0.39, 0.29) is 31.2 Å². The lowest BCUT2D eigenvalue weighted by molar-refractivity contribution is -0.131. The number of hydrogen-bond donors (Lipinski definition) is 3. The second kappa shape index (κ2) is 6.96. The molecule has 1 aliphatic carbocycles. The van der Waals surface area contributed by atoms with Crippen molar-refractivity contribution < 1.29 is 19.5 Å². The number of aliphatic hydroxyl groups is 1. The molecule has 8 nitrogen and oxygen atoms in total. The van der Waals surface area contributed by atoms with Gasteiger partial charge in [0, 0.05) is 11.6 Å². The highest BCUT2D eigenvalue weighted by Gasteiger charge is 2.37. The first-order valence-electron chi connectivity index (χ1n) is 8.91. The Hall–Kier alpha value is -3.00. The number of aliphatic hydroxyl groups excluding tert-OH is 1. The molecule has 2 aliphatic rings. The Labute approximate surface area is 155 Å². The summed E-state index contributed by atoms with van der Waals surface area (Å²) < 4.78 is 0. The first kappa shape index (κ1) is 17.4. The van der Waals surface area contributed by atoms with E-state index in [0.717, 1.165) is 21.4 Å². The number of nitrogens with zero attached hydrogens (tertiary/aromatic N) is 2. The van der Waals surface area contributed by atoms with Gasteiger partial charge in [0.2, 0.25) is 5.91 Å². The van der Waals surface area contributed by atoms with E-state index >= 15 is 0 Å². The quantitative estimate of drug-likeness (QED) is 0.673. The zero-order valence-electron chi connectivity index (χ0n) is 14.6. The van der Waals surface area contributed by atoms with Crippen molar-refractivity contribution in [1.29, 1.82) is 0 Å². The average molecular weight is 368 g/mol. The Morgan fingerprint density at radius 1 is 1.33 bits per heavy atom. The zero-order chi connectivity index (χ0) is 19.0. The molecular formula is C19H20N4O4. The number of rotatable bonds is 5. The van der Waals surface area contributed by atoms with Crippen LogP contribution in [0.2, 0.25) is 0 Å². The molecule has 2 aromatic rings. The summed E-state index contributed by atoms with van der Waals surface area (Å²) in [6, 6.07) is 8.79. The maximum atomic E-state index is 12.5. The maximum Gasteiger partial charge on any atom is 0.325 e. The number of hydrogen-bond acceptors (Lipinski definition) is 5. The summed E-state index contributed by atoms with van der Waals surface area (Å²) in [6.07, 6.45) is 2.53. The summed E-state index contributed by atoms with van der Waals surface area (Å²) >= 11 is 0. The van der Waals surface area contributed by atoms with E-state index < -0.39 is 17.8 Å². The van der Waals surface area contributed by atoms with Gasteiger partial charge < -0.3 is 15.7 Å². The van der Waals surface area contributed by atoms with Gasteiger partial charge in [-0.15, -0.1) is 0 Å². The number of urea groups is 1. The molecule has 3 N–H and O–H groups in total. The van der Waals surface area contributed by atoms with Gasteiger partial charge in [-0.2, -0.15) is 0 Å². The van der Waals surface area contributed by atoms with Crippen LogP contribution in [0.25, 0.3) is 10.9 Å². The predicted molar refractivity (Wildman–Crippen MR) is 96.5 cm³/mol. The van der Waals surface area contributed by atoms with Crippen LogP contribution in [-0.2, 0) is 9.59 Å². The van der Waals surface area contributed by atoms with Crippen molar-refractivity contribution >= 4 is 28.7 Å². The van der Waals surface area contributed by atoms with Crippen LogP contribution in [0, 0.1) is 5.92 Å². The SMILES string of the molecule is O=C(CN1C(=O)CNC1=O)N[C@@H](c1cnc2ccccc2c1)C1CC(O)C1. The number of carbonyl (C=O) groups excluding carboxylic acids is 3. The molecule has 1 aromatic carbocycles. The van der Waals surface area contributed by atoms with E-state index in [9.17, 15) is 19.5 Å². The van der Waals surface area contributed by atoms with E-state index in [1.807, 2.05) is 30.3 Å². The Morgan fingerprint density at radius 2 is 2.11 bits per heavy atom. The van der Waals surface area contributed by atoms with Crippen molar-refractivity contribution in [2.45, 2.75) is 25.0 Å². The fourth-order valence-corrected chi connectivity index (χ4v) is 3.61. The highest BCUT2D eigenvalue weighted by molar-refractivity contribution is 6.04. The summed E-state index contributed by atoms with van der Waals surface area (Å²) in [6.45, 7) is -0.406. The molecule has 140 valence electrons. The molecule has 0 unspecified atom stereocenters. The molecule has 0 bridgehead atoms. The highest BCUT2D eigenvalue weighted by Crippen LogP contribution is 2.38. The minimum absolute atomic E-state index is 0.0787. The smallest absolute Gasteiger partial charge is 0.325 e. The molecule has 2 heterocycles. The molecule has 8 heteroatoms. The van der Waals surface area contributed by atoms with Crippen LogP contribution in [0.5, 0.6) is 0 Å². The number of fused-ring (bicyclic) bond motifs is 1. The largest absolute Gasteiger partial charge is 0.393 e. The Bertz CT molecular complexity index is 893. The number of pyridine rings is 1. The minimum Gasteiger partial charge on any atom is -0.393 e. The first-order valence-corrected chi connectivity index (χ1v) is 8.91. The van der Waals surface area contributed by atoms with E-state index in [1.165, 1.54) is 0 Å². The summed E-state index contributed by atoms with van der Waals surface area (Å²) in [7, 11) is 0. The van der Waals surface area contributed by atoms with E-state index in [4.69, 9.17) is 0 Å². The molecule has 0 spiro atoms. The Kier molecular flexibility index (Phi) is 4.49. The number of benzene rings is 1. The summed E-state index contributed by atoms with van der Waals surface area (Å²) in [5.74, 6) is -0.756. The van der Waals surface area contributed by atoms with Crippen LogP contribution >= 0.6 is 0 Å². The van der Waals surface area contributed by atoms with Crippen LogP contribution in [0.3, 0.4) is 0 Å². The lowest BCUT2D eigenvalue weighted by Gasteiger charge is -2.38. The van der Waals surface area contributed by atoms with Gasteiger partial charge in [0.1, 0.15) is 6.54 Å². The van der Waals surface area contributed by atoms with Gasteiger partial charge >= 0.3 is 6.03 Å². The van der Waals surface area contributed by atoms with Gasteiger partial charge in [0.15, 0.2) is 0 Å². The average Bonchev–Trinajstić information content (AvgIpc) is 2.95. The van der Waals surface area contributed by atoms with Gasteiger partial charge in [0.25, 0.3) is 5.91 Å². The summed E-state index contributed by atoms with van der Waals surface area (Å²) in [5.41, 5.74) is 1.70. The van der Waals surface area contributed by atoms with E-state index in [1.54, 1.807) is 6.20 Å². The van der Waals surface area contributed by atoms with Crippen LogP contribution in [0.4, 0.5) is 4.79 Å². The lowest BCUT2D eigenvalue weighted by Crippen LogP contribution is -2.46. The van der Waals surface area contributed by atoms with Crippen LogP contribution < -0.4 is 10.6 Å². The topological polar surface area (TPSA) is 112 Å². The molecule has 1 saturated heterocycles. The zero-order valence-corrected chi connectivity index (χ0v) is 14.6. The van der Waals surface area contributed by atoms with Gasteiger partial charge in [-0.25, -0.2) is 4.79 Å². The van der Waals surface area contributed by atoms with Crippen LogP contribution in [0.1, 0.15) is 24.4 Å². The monoisotopic (exact) mass is 368 g/mol. The number of nitrogens with one attached hydrogen (secondary N) is 2. The van der Waals surface area contributed by atoms with Gasteiger partial charge in [-0.1, -0.05) is 18.2 Å². The Morgan fingerprint density at radius 3 is 2.81 bits per heavy atom. The van der Waals surface area contributed by atoms with Crippen LogP contribution in [-0.4, -0.2) is 52.0 Å². The van der Waals surface area contributed by atoms with Gasteiger partial charge in [-0.3, -0.25) is 19.5 Å². The second-order valence-electron chi connectivity index (χ2n) is 7.03. The molecule has 1 atom stereocenters. The molecule has 27 heavy (non-hydrogen) atoms. The number of imide groups is 1. The predicted octanol–water partition coefficient (Wildman–Crippen LogP) is 0.715. The molecule has 4 amide bonds. The normalized spacial score (nSPS) is 23.1. The van der Waals surface area contributed by atoms with E-state index in [2.05, 4.69) is 15.6 Å². The number of aromatic nitrogens is 1. The van der Waals surface area contributed by atoms with Crippen molar-refractivity contribution in [3.8, 4) is 0 Å². The molecule has 1 aromatic heterocycles. The first-order chi connectivity index (χ1) is 13.0. The molecular weight excluding hydrogens is 348 g/mol. The van der Waals surface area contributed by atoms with Crippen LogP contribution in [0.15, 0.2) is 36.5 Å². The third kappa shape index (κ3) is 3.48. The van der Waals surface area contributed by atoms with Crippen molar-refractivity contribution in [3.05, 3.63) is 42.1 Å². The minimum atomic E-state index is -0.557. The molecule has 4 rings (SSSR count). The third-order valence-corrected chi connectivity index (χ3v) is 5.15. The lowest BCUT2D eigenvalue weighted by atomic mass is 9.75. The number of amides is 4. The number of para-hydroxylation sites is 1. The Balaban J connectivity index is 1.54.